The third-order valence-corrected chi connectivity index (χ3v) is 1.33. The lowest BCUT2D eigenvalue weighted by Gasteiger charge is -2.04. The van der Waals surface area contributed by atoms with Crippen molar-refractivity contribution in [2.24, 2.45) is 0 Å². The van der Waals surface area contributed by atoms with E-state index < -0.39 is 6.04 Å². The van der Waals surface area contributed by atoms with E-state index in [1.54, 1.807) is 0 Å². The highest BCUT2D eigenvalue weighted by atomic mass is 16.2. The van der Waals surface area contributed by atoms with Gasteiger partial charge in [-0.15, -0.1) is 0 Å². The molecule has 1 rings (SSSR count). The van der Waals surface area contributed by atoms with Crippen molar-refractivity contribution in [2.75, 3.05) is 13.6 Å². The van der Waals surface area contributed by atoms with Gasteiger partial charge in [0.05, 0.1) is 0 Å². The molecule has 5 nitrogen and oxygen atoms in total. The number of carbonyl (C=O) groups excluding carboxylic acids is 2. The van der Waals surface area contributed by atoms with Crippen LogP contribution in [-0.4, -0.2) is 31.6 Å². The molecule has 10 heavy (non-hydrogen) atoms. The minimum atomic E-state index is -0.405. The van der Waals surface area contributed by atoms with Gasteiger partial charge in [0.2, 0.25) is 5.91 Å². The van der Waals surface area contributed by atoms with E-state index in [0.717, 1.165) is 0 Å². The van der Waals surface area contributed by atoms with Crippen molar-refractivity contribution < 1.29 is 9.59 Å². The third kappa shape index (κ3) is 1.18. The molecule has 0 spiro atoms. The molecule has 1 fully saturated rings. The first-order chi connectivity index (χ1) is 4.74. The molecule has 0 aromatic rings. The summed E-state index contributed by atoms with van der Waals surface area (Å²) in [4.78, 5) is 21.3. The van der Waals surface area contributed by atoms with Gasteiger partial charge in [-0.3, -0.25) is 4.79 Å². The van der Waals surface area contributed by atoms with Crippen molar-refractivity contribution in [1.29, 1.82) is 0 Å². The van der Waals surface area contributed by atoms with Gasteiger partial charge in [0, 0.05) is 13.6 Å². The number of likely N-dealkylation sites (N-methyl/N-ethyl adjacent to an activating group) is 1. The Labute approximate surface area is 58.2 Å². The van der Waals surface area contributed by atoms with Crippen molar-refractivity contribution in [3.05, 3.63) is 0 Å². The fourth-order valence-corrected chi connectivity index (χ4v) is 0.788. The summed E-state index contributed by atoms with van der Waals surface area (Å²) in [6.07, 6.45) is 0. The molecule has 3 amide bonds. The molecule has 0 aromatic heterocycles. The average molecular weight is 143 g/mol. The highest BCUT2D eigenvalue weighted by Gasteiger charge is 2.25. The Morgan fingerprint density at radius 2 is 2.50 bits per heavy atom. The first kappa shape index (κ1) is 6.85. The monoisotopic (exact) mass is 143 g/mol. The maximum atomic E-state index is 10.8. The molecule has 3 N–H and O–H groups in total. The van der Waals surface area contributed by atoms with Gasteiger partial charge < -0.3 is 16.0 Å². The predicted molar refractivity (Wildman–Crippen MR) is 34.4 cm³/mol. The predicted octanol–water partition coefficient (Wildman–Crippen LogP) is -1.59. The van der Waals surface area contributed by atoms with Gasteiger partial charge in [-0.2, -0.15) is 0 Å². The summed E-state index contributed by atoms with van der Waals surface area (Å²) in [5, 5.41) is 7.35. The van der Waals surface area contributed by atoms with Crippen LogP contribution < -0.4 is 16.0 Å². The Bertz CT molecular complexity index is 168. The SMILES string of the molecule is CNC(=O)[C@H]1CNC(=O)N1. The molecular formula is C5H9N3O2. The first-order valence-corrected chi connectivity index (χ1v) is 3.00. The fourth-order valence-electron chi connectivity index (χ4n) is 0.788. The Balaban J connectivity index is 2.44. The van der Waals surface area contributed by atoms with Gasteiger partial charge in [-0.05, 0) is 0 Å². The molecule has 1 aliphatic rings. The Kier molecular flexibility index (Phi) is 1.75. The number of rotatable bonds is 1. The number of urea groups is 1. The highest BCUT2D eigenvalue weighted by molar-refractivity contribution is 5.90. The Hall–Kier alpha value is -1.26. The standard InChI is InChI=1S/C5H9N3O2/c1-6-4(9)3-2-7-5(10)8-3/h3H,2H2,1H3,(H,6,9)(H2,7,8,10)/t3-/m1/s1. The van der Waals surface area contributed by atoms with Crippen molar-refractivity contribution >= 4 is 11.9 Å². The lowest BCUT2D eigenvalue weighted by atomic mass is 10.3. The summed E-state index contributed by atoms with van der Waals surface area (Å²) in [6, 6.07) is -0.689. The molecule has 5 heteroatoms. The van der Waals surface area contributed by atoms with Crippen molar-refractivity contribution in [1.82, 2.24) is 16.0 Å². The molecule has 1 atom stereocenters. The molecule has 56 valence electrons. The lowest BCUT2D eigenvalue weighted by Crippen LogP contribution is -2.41. The first-order valence-electron chi connectivity index (χ1n) is 3.00. The lowest BCUT2D eigenvalue weighted by molar-refractivity contribution is -0.121. The van der Waals surface area contributed by atoms with E-state index in [9.17, 15) is 9.59 Å². The molecule has 0 aromatic carbocycles. The van der Waals surface area contributed by atoms with E-state index in [-0.39, 0.29) is 11.9 Å². The molecule has 0 radical (unpaired) electrons. The number of hydrogen-bond acceptors (Lipinski definition) is 2. The second kappa shape index (κ2) is 2.55. The van der Waals surface area contributed by atoms with Crippen LogP contribution in [0.3, 0.4) is 0 Å². The summed E-state index contributed by atoms with van der Waals surface area (Å²) in [7, 11) is 1.53. The molecule has 1 heterocycles. The number of hydrogen-bond donors (Lipinski definition) is 3. The van der Waals surface area contributed by atoms with Crippen LogP contribution in [0.5, 0.6) is 0 Å². The Morgan fingerprint density at radius 3 is 2.90 bits per heavy atom. The maximum absolute atomic E-state index is 10.8. The molecule has 1 saturated heterocycles. The molecule has 0 unspecified atom stereocenters. The number of carbonyl (C=O) groups is 2. The van der Waals surface area contributed by atoms with E-state index >= 15 is 0 Å². The number of amides is 3. The Morgan fingerprint density at radius 1 is 1.80 bits per heavy atom. The topological polar surface area (TPSA) is 70.2 Å². The zero-order valence-corrected chi connectivity index (χ0v) is 5.60. The second-order valence-corrected chi connectivity index (χ2v) is 2.02. The summed E-state index contributed by atoms with van der Waals surface area (Å²) in [5.41, 5.74) is 0. The maximum Gasteiger partial charge on any atom is 0.315 e. The largest absolute Gasteiger partial charge is 0.357 e. The van der Waals surface area contributed by atoms with Crippen molar-refractivity contribution in [2.45, 2.75) is 6.04 Å². The minimum Gasteiger partial charge on any atom is -0.357 e. The zero-order chi connectivity index (χ0) is 7.56. The van der Waals surface area contributed by atoms with Crippen LogP contribution in [0.4, 0.5) is 4.79 Å². The van der Waals surface area contributed by atoms with Gasteiger partial charge in [0.1, 0.15) is 6.04 Å². The summed E-state index contributed by atoms with van der Waals surface area (Å²) in [5.74, 6) is -0.168. The van der Waals surface area contributed by atoms with E-state index in [0.29, 0.717) is 6.54 Å². The van der Waals surface area contributed by atoms with E-state index in [4.69, 9.17) is 0 Å². The van der Waals surface area contributed by atoms with E-state index in [1.807, 2.05) is 0 Å². The van der Waals surface area contributed by atoms with Gasteiger partial charge in [0.15, 0.2) is 0 Å². The van der Waals surface area contributed by atoms with Crippen LogP contribution >= 0.6 is 0 Å². The van der Waals surface area contributed by atoms with Crippen molar-refractivity contribution in [3.63, 3.8) is 0 Å². The smallest absolute Gasteiger partial charge is 0.315 e. The van der Waals surface area contributed by atoms with Crippen LogP contribution in [0.25, 0.3) is 0 Å². The summed E-state index contributed by atoms with van der Waals surface area (Å²) < 4.78 is 0. The molecule has 1 aliphatic heterocycles. The third-order valence-electron chi connectivity index (χ3n) is 1.33. The van der Waals surface area contributed by atoms with E-state index in [2.05, 4.69) is 16.0 Å². The number of nitrogens with one attached hydrogen (secondary N) is 3. The van der Waals surface area contributed by atoms with E-state index in [1.165, 1.54) is 7.05 Å². The van der Waals surface area contributed by atoms with Crippen LogP contribution in [0.1, 0.15) is 0 Å². The van der Waals surface area contributed by atoms with Crippen LogP contribution in [0.15, 0.2) is 0 Å². The van der Waals surface area contributed by atoms with Crippen LogP contribution in [0.2, 0.25) is 0 Å². The second-order valence-electron chi connectivity index (χ2n) is 2.02. The highest BCUT2D eigenvalue weighted by Crippen LogP contribution is 1.88. The normalized spacial score (nSPS) is 23.3. The molecule has 0 aliphatic carbocycles. The van der Waals surface area contributed by atoms with Gasteiger partial charge in [-0.25, -0.2) is 4.79 Å². The zero-order valence-electron chi connectivity index (χ0n) is 5.60. The van der Waals surface area contributed by atoms with Crippen LogP contribution in [0, 0.1) is 0 Å². The minimum absolute atomic E-state index is 0.168. The van der Waals surface area contributed by atoms with Crippen LogP contribution in [-0.2, 0) is 4.79 Å². The van der Waals surface area contributed by atoms with Gasteiger partial charge in [0.25, 0.3) is 0 Å². The summed E-state index contributed by atoms with van der Waals surface area (Å²) >= 11 is 0. The fraction of sp³-hybridized carbons (Fsp3) is 0.600. The van der Waals surface area contributed by atoms with Gasteiger partial charge >= 0.3 is 6.03 Å². The average Bonchev–Trinajstić information content (AvgIpc) is 2.34. The van der Waals surface area contributed by atoms with Crippen molar-refractivity contribution in [3.8, 4) is 0 Å². The quantitative estimate of drug-likeness (QED) is 0.414. The molecular weight excluding hydrogens is 134 g/mol. The van der Waals surface area contributed by atoms with Gasteiger partial charge in [-0.1, -0.05) is 0 Å². The molecule has 0 saturated carbocycles. The summed E-state index contributed by atoms with van der Waals surface area (Å²) in [6.45, 7) is 0.374. The molecule has 0 bridgehead atoms.